The lowest BCUT2D eigenvalue weighted by Crippen LogP contribution is -2.28. The fraction of sp³-hybridized carbons (Fsp3) is 0.429. The Morgan fingerprint density at radius 2 is 1.78 bits per heavy atom. The lowest BCUT2D eigenvalue weighted by Gasteiger charge is -2.08. The first-order valence-corrected chi connectivity index (χ1v) is 6.10. The van der Waals surface area contributed by atoms with E-state index in [2.05, 4.69) is 24.5 Å². The summed E-state index contributed by atoms with van der Waals surface area (Å²) in [6, 6.07) is 7.29. The van der Waals surface area contributed by atoms with Crippen LogP contribution in [0.25, 0.3) is 0 Å². The second kappa shape index (κ2) is 6.79. The van der Waals surface area contributed by atoms with Gasteiger partial charge in [-0.15, -0.1) is 0 Å². The zero-order valence-corrected chi connectivity index (χ0v) is 11.1. The lowest BCUT2D eigenvalue weighted by molar-refractivity contribution is -0.120. The van der Waals surface area contributed by atoms with E-state index in [1.165, 1.54) is 6.92 Å². The van der Waals surface area contributed by atoms with Crippen molar-refractivity contribution < 1.29 is 9.59 Å². The number of carbonyl (C=O) groups excluding carboxylic acids is 2. The maximum absolute atomic E-state index is 11.6. The van der Waals surface area contributed by atoms with Crippen molar-refractivity contribution in [2.75, 3.05) is 11.9 Å². The van der Waals surface area contributed by atoms with Gasteiger partial charge in [-0.25, -0.2) is 0 Å². The second-order valence-corrected chi connectivity index (χ2v) is 4.75. The first-order valence-electron chi connectivity index (χ1n) is 6.10. The molecule has 1 aromatic rings. The number of benzene rings is 1. The molecule has 0 aliphatic heterocycles. The molecule has 0 radical (unpaired) electrons. The summed E-state index contributed by atoms with van der Waals surface area (Å²) < 4.78 is 0. The molecular weight excluding hydrogens is 228 g/mol. The summed E-state index contributed by atoms with van der Waals surface area (Å²) in [6.07, 6.45) is 0.368. The molecule has 18 heavy (non-hydrogen) atoms. The van der Waals surface area contributed by atoms with Crippen LogP contribution in [0, 0.1) is 5.92 Å². The van der Waals surface area contributed by atoms with Gasteiger partial charge >= 0.3 is 0 Å². The molecule has 98 valence electrons. The van der Waals surface area contributed by atoms with E-state index in [0.29, 0.717) is 18.9 Å². The average Bonchev–Trinajstić information content (AvgIpc) is 2.28. The van der Waals surface area contributed by atoms with Gasteiger partial charge in [-0.05, 0) is 23.6 Å². The summed E-state index contributed by atoms with van der Waals surface area (Å²) in [5, 5.41) is 5.55. The zero-order valence-electron chi connectivity index (χ0n) is 11.1. The van der Waals surface area contributed by atoms with E-state index in [9.17, 15) is 9.59 Å². The van der Waals surface area contributed by atoms with Gasteiger partial charge in [0.2, 0.25) is 11.8 Å². The molecule has 4 nitrogen and oxygen atoms in total. The fourth-order valence-electron chi connectivity index (χ4n) is 1.48. The van der Waals surface area contributed by atoms with E-state index >= 15 is 0 Å². The van der Waals surface area contributed by atoms with Gasteiger partial charge in [-0.1, -0.05) is 26.0 Å². The number of rotatable bonds is 5. The average molecular weight is 248 g/mol. The van der Waals surface area contributed by atoms with E-state index in [0.717, 1.165) is 11.3 Å². The van der Waals surface area contributed by atoms with Crippen LogP contribution in [-0.4, -0.2) is 18.4 Å². The molecule has 0 bridgehead atoms. The maximum atomic E-state index is 11.6. The van der Waals surface area contributed by atoms with Gasteiger partial charge in [0.15, 0.2) is 0 Å². The molecule has 0 aliphatic carbocycles. The highest BCUT2D eigenvalue weighted by Crippen LogP contribution is 2.09. The Hall–Kier alpha value is -1.84. The lowest BCUT2D eigenvalue weighted by atomic mass is 10.1. The molecule has 0 atom stereocenters. The third-order valence-corrected chi connectivity index (χ3v) is 2.35. The van der Waals surface area contributed by atoms with Gasteiger partial charge < -0.3 is 10.6 Å². The molecule has 0 heterocycles. The van der Waals surface area contributed by atoms with Crippen molar-refractivity contribution in [1.82, 2.24) is 5.32 Å². The van der Waals surface area contributed by atoms with Gasteiger partial charge in [0.25, 0.3) is 0 Å². The fourth-order valence-corrected chi connectivity index (χ4v) is 1.48. The molecule has 1 aromatic carbocycles. The molecule has 1 rings (SSSR count). The van der Waals surface area contributed by atoms with Gasteiger partial charge in [-0.2, -0.15) is 0 Å². The van der Waals surface area contributed by atoms with E-state index in [1.807, 2.05) is 12.1 Å². The van der Waals surface area contributed by atoms with E-state index in [1.54, 1.807) is 12.1 Å². The van der Waals surface area contributed by atoms with Crippen LogP contribution in [0.5, 0.6) is 0 Å². The molecule has 0 saturated heterocycles. The highest BCUT2D eigenvalue weighted by Gasteiger charge is 2.04. The monoisotopic (exact) mass is 248 g/mol. The SMILES string of the molecule is CC(=O)Nc1ccc(CC(=O)NCC(C)C)cc1. The Balaban J connectivity index is 2.48. The van der Waals surface area contributed by atoms with Crippen LogP contribution >= 0.6 is 0 Å². The van der Waals surface area contributed by atoms with Gasteiger partial charge in [0.1, 0.15) is 0 Å². The summed E-state index contributed by atoms with van der Waals surface area (Å²) in [7, 11) is 0. The van der Waals surface area contributed by atoms with Gasteiger partial charge in [0, 0.05) is 19.2 Å². The molecule has 0 spiro atoms. The number of hydrogen-bond donors (Lipinski definition) is 2. The molecular formula is C14H20N2O2. The van der Waals surface area contributed by atoms with E-state index in [-0.39, 0.29) is 11.8 Å². The first kappa shape index (κ1) is 14.2. The van der Waals surface area contributed by atoms with Crippen molar-refractivity contribution in [3.63, 3.8) is 0 Å². The predicted molar refractivity (Wildman–Crippen MR) is 72.3 cm³/mol. The predicted octanol–water partition coefficient (Wildman–Crippen LogP) is 1.96. The first-order chi connectivity index (χ1) is 8.47. The van der Waals surface area contributed by atoms with Crippen LogP contribution in [0.15, 0.2) is 24.3 Å². The van der Waals surface area contributed by atoms with E-state index < -0.39 is 0 Å². The normalized spacial score (nSPS) is 10.2. The summed E-state index contributed by atoms with van der Waals surface area (Å²) in [4.78, 5) is 22.4. The molecule has 2 amide bonds. The summed E-state index contributed by atoms with van der Waals surface area (Å²) in [6.45, 7) is 6.28. The number of hydrogen-bond acceptors (Lipinski definition) is 2. The quantitative estimate of drug-likeness (QED) is 0.837. The topological polar surface area (TPSA) is 58.2 Å². The highest BCUT2D eigenvalue weighted by molar-refractivity contribution is 5.88. The van der Waals surface area contributed by atoms with Crippen LogP contribution in [0.4, 0.5) is 5.69 Å². The molecule has 0 saturated carbocycles. The Morgan fingerprint density at radius 1 is 1.17 bits per heavy atom. The number of carbonyl (C=O) groups is 2. The molecule has 0 aromatic heterocycles. The van der Waals surface area contributed by atoms with Crippen molar-refractivity contribution in [3.8, 4) is 0 Å². The maximum Gasteiger partial charge on any atom is 0.224 e. The summed E-state index contributed by atoms with van der Waals surface area (Å²) in [5.41, 5.74) is 1.68. The van der Waals surface area contributed by atoms with Crippen LogP contribution in [0.2, 0.25) is 0 Å². The smallest absolute Gasteiger partial charge is 0.224 e. The third-order valence-electron chi connectivity index (χ3n) is 2.35. The zero-order chi connectivity index (χ0) is 13.5. The molecule has 0 unspecified atom stereocenters. The number of amides is 2. The van der Waals surface area contributed by atoms with Crippen LogP contribution in [-0.2, 0) is 16.0 Å². The van der Waals surface area contributed by atoms with Crippen LogP contribution in [0.1, 0.15) is 26.3 Å². The summed E-state index contributed by atoms with van der Waals surface area (Å²) >= 11 is 0. The van der Waals surface area contributed by atoms with Crippen molar-refractivity contribution in [1.29, 1.82) is 0 Å². The summed E-state index contributed by atoms with van der Waals surface area (Å²) in [5.74, 6) is 0.379. The molecule has 0 aliphatic rings. The van der Waals surface area contributed by atoms with Crippen LogP contribution < -0.4 is 10.6 Å². The Kier molecular flexibility index (Phi) is 5.36. The largest absolute Gasteiger partial charge is 0.356 e. The van der Waals surface area contributed by atoms with Gasteiger partial charge in [-0.3, -0.25) is 9.59 Å². The van der Waals surface area contributed by atoms with Crippen molar-refractivity contribution in [3.05, 3.63) is 29.8 Å². The van der Waals surface area contributed by atoms with E-state index in [4.69, 9.17) is 0 Å². The third kappa shape index (κ3) is 5.48. The van der Waals surface area contributed by atoms with Crippen molar-refractivity contribution >= 4 is 17.5 Å². The van der Waals surface area contributed by atoms with Crippen molar-refractivity contribution in [2.24, 2.45) is 5.92 Å². The standard InChI is InChI=1S/C14H20N2O2/c1-10(2)9-15-14(18)8-12-4-6-13(7-5-12)16-11(3)17/h4-7,10H,8-9H2,1-3H3,(H,15,18)(H,16,17). The minimum atomic E-state index is -0.0996. The Bertz CT molecular complexity index is 410. The molecule has 4 heteroatoms. The number of anilines is 1. The minimum absolute atomic E-state index is 0.0241. The van der Waals surface area contributed by atoms with Gasteiger partial charge in [0.05, 0.1) is 6.42 Å². The Labute approximate surface area is 108 Å². The van der Waals surface area contributed by atoms with Crippen molar-refractivity contribution in [2.45, 2.75) is 27.2 Å². The number of nitrogens with one attached hydrogen (secondary N) is 2. The highest BCUT2D eigenvalue weighted by atomic mass is 16.2. The Morgan fingerprint density at radius 3 is 2.28 bits per heavy atom. The minimum Gasteiger partial charge on any atom is -0.356 e. The molecule has 0 fully saturated rings. The second-order valence-electron chi connectivity index (χ2n) is 4.75. The van der Waals surface area contributed by atoms with Crippen LogP contribution in [0.3, 0.4) is 0 Å². The molecule has 2 N–H and O–H groups in total.